The summed E-state index contributed by atoms with van der Waals surface area (Å²) in [6.45, 7) is 12.3. The molecule has 1 N–H and O–H groups in total. The molecule has 0 bridgehead atoms. The van der Waals surface area contributed by atoms with Crippen LogP contribution >= 0.6 is 0 Å². The Kier molecular flexibility index (Phi) is 6.15. The molecule has 0 aliphatic carbocycles. The SMILES string of the molecule is CCN1CCN(C(C)(C)CNC(=O)c2cc(-c3ccc(F)cc3)n(C)n2)CC1. The number of nitrogens with zero attached hydrogens (tertiary/aromatic N) is 4. The van der Waals surface area contributed by atoms with E-state index in [1.807, 2.05) is 0 Å². The maximum absolute atomic E-state index is 13.2. The van der Waals surface area contributed by atoms with E-state index in [0.717, 1.165) is 44.0 Å². The molecule has 1 saturated heterocycles. The Balaban J connectivity index is 1.62. The van der Waals surface area contributed by atoms with Gasteiger partial charge in [0.1, 0.15) is 5.82 Å². The Morgan fingerprint density at radius 1 is 1.18 bits per heavy atom. The van der Waals surface area contributed by atoms with Crippen LogP contribution in [0.15, 0.2) is 30.3 Å². The summed E-state index contributed by atoms with van der Waals surface area (Å²) < 4.78 is 14.8. The smallest absolute Gasteiger partial charge is 0.271 e. The van der Waals surface area contributed by atoms with Crippen molar-refractivity contribution in [3.63, 3.8) is 0 Å². The van der Waals surface area contributed by atoms with Gasteiger partial charge in [0, 0.05) is 45.3 Å². The quantitative estimate of drug-likeness (QED) is 0.827. The molecule has 1 aromatic heterocycles. The van der Waals surface area contributed by atoms with Crippen LogP contribution in [-0.4, -0.2) is 70.3 Å². The van der Waals surface area contributed by atoms with E-state index in [9.17, 15) is 9.18 Å². The zero-order chi connectivity index (χ0) is 20.3. The molecule has 152 valence electrons. The van der Waals surface area contributed by atoms with Crippen LogP contribution in [0.2, 0.25) is 0 Å². The number of likely N-dealkylation sites (N-methyl/N-ethyl adjacent to an activating group) is 1. The molecule has 2 heterocycles. The van der Waals surface area contributed by atoms with Crippen molar-refractivity contribution in [3.8, 4) is 11.3 Å². The summed E-state index contributed by atoms with van der Waals surface area (Å²) in [6.07, 6.45) is 0. The van der Waals surface area contributed by atoms with Gasteiger partial charge in [-0.15, -0.1) is 0 Å². The lowest BCUT2D eigenvalue weighted by atomic mass is 10.0. The summed E-state index contributed by atoms with van der Waals surface area (Å²) in [4.78, 5) is 17.5. The van der Waals surface area contributed by atoms with Gasteiger partial charge in [-0.2, -0.15) is 5.10 Å². The molecule has 2 aromatic rings. The van der Waals surface area contributed by atoms with Crippen LogP contribution in [-0.2, 0) is 7.05 Å². The first-order chi connectivity index (χ1) is 13.3. The number of aromatic nitrogens is 2. The van der Waals surface area contributed by atoms with Gasteiger partial charge in [0.05, 0.1) is 5.69 Å². The highest BCUT2D eigenvalue weighted by Crippen LogP contribution is 2.21. The van der Waals surface area contributed by atoms with Crippen molar-refractivity contribution in [1.29, 1.82) is 0 Å². The van der Waals surface area contributed by atoms with Crippen LogP contribution in [0.3, 0.4) is 0 Å². The van der Waals surface area contributed by atoms with Crippen molar-refractivity contribution < 1.29 is 9.18 Å². The van der Waals surface area contributed by atoms with Gasteiger partial charge in [-0.3, -0.25) is 14.4 Å². The number of hydrogen-bond acceptors (Lipinski definition) is 4. The average molecular weight is 388 g/mol. The monoisotopic (exact) mass is 387 g/mol. The van der Waals surface area contributed by atoms with E-state index in [0.29, 0.717) is 12.2 Å². The normalized spacial score (nSPS) is 16.3. The lowest BCUT2D eigenvalue weighted by molar-refractivity contribution is 0.0520. The molecule has 1 aromatic carbocycles. The van der Waals surface area contributed by atoms with Crippen molar-refractivity contribution in [2.24, 2.45) is 7.05 Å². The number of piperazine rings is 1. The number of carbonyl (C=O) groups excluding carboxylic acids is 1. The van der Waals surface area contributed by atoms with Crippen LogP contribution < -0.4 is 5.32 Å². The van der Waals surface area contributed by atoms with E-state index >= 15 is 0 Å². The van der Waals surface area contributed by atoms with Crippen molar-refractivity contribution in [2.45, 2.75) is 26.3 Å². The van der Waals surface area contributed by atoms with Crippen LogP contribution in [0.5, 0.6) is 0 Å². The summed E-state index contributed by atoms with van der Waals surface area (Å²) in [5.41, 5.74) is 1.85. The van der Waals surface area contributed by atoms with Crippen LogP contribution in [0.1, 0.15) is 31.3 Å². The number of benzene rings is 1. The average Bonchev–Trinajstić information content (AvgIpc) is 3.08. The third kappa shape index (κ3) is 4.59. The minimum absolute atomic E-state index is 0.121. The fraction of sp³-hybridized carbons (Fsp3) is 0.524. The van der Waals surface area contributed by atoms with Crippen LogP contribution in [0.25, 0.3) is 11.3 Å². The molecule has 0 saturated carbocycles. The number of nitrogens with one attached hydrogen (secondary N) is 1. The maximum atomic E-state index is 13.2. The molecule has 7 heteroatoms. The van der Waals surface area contributed by atoms with Gasteiger partial charge in [0.25, 0.3) is 5.91 Å². The van der Waals surface area contributed by atoms with E-state index in [4.69, 9.17) is 0 Å². The minimum Gasteiger partial charge on any atom is -0.349 e. The van der Waals surface area contributed by atoms with Gasteiger partial charge in [-0.25, -0.2) is 4.39 Å². The predicted molar refractivity (Wildman–Crippen MR) is 109 cm³/mol. The molecule has 0 unspecified atom stereocenters. The van der Waals surface area contributed by atoms with E-state index in [1.54, 1.807) is 29.9 Å². The molecule has 1 amide bonds. The summed E-state index contributed by atoms with van der Waals surface area (Å²) in [6, 6.07) is 7.93. The molecule has 3 rings (SSSR count). The number of rotatable bonds is 6. The molecule has 1 aliphatic rings. The first-order valence-electron chi connectivity index (χ1n) is 9.86. The second-order valence-corrected chi connectivity index (χ2v) is 7.96. The summed E-state index contributed by atoms with van der Waals surface area (Å²) in [5, 5.41) is 7.37. The van der Waals surface area contributed by atoms with Crippen LogP contribution in [0.4, 0.5) is 4.39 Å². The van der Waals surface area contributed by atoms with Crippen molar-refractivity contribution >= 4 is 5.91 Å². The van der Waals surface area contributed by atoms with Gasteiger partial charge < -0.3 is 10.2 Å². The first kappa shape index (κ1) is 20.5. The Labute approximate surface area is 166 Å². The third-order valence-electron chi connectivity index (χ3n) is 5.61. The largest absolute Gasteiger partial charge is 0.349 e. The van der Waals surface area contributed by atoms with Gasteiger partial charge in [-0.1, -0.05) is 6.92 Å². The molecule has 6 nitrogen and oxygen atoms in total. The first-order valence-corrected chi connectivity index (χ1v) is 9.86. The maximum Gasteiger partial charge on any atom is 0.271 e. The number of aryl methyl sites for hydroxylation is 1. The zero-order valence-corrected chi connectivity index (χ0v) is 17.2. The van der Waals surface area contributed by atoms with E-state index in [-0.39, 0.29) is 17.3 Å². The number of carbonyl (C=O) groups is 1. The number of hydrogen-bond donors (Lipinski definition) is 1. The van der Waals surface area contributed by atoms with Crippen molar-refractivity contribution in [2.75, 3.05) is 39.3 Å². The van der Waals surface area contributed by atoms with Gasteiger partial charge >= 0.3 is 0 Å². The lowest BCUT2D eigenvalue weighted by Crippen LogP contribution is -2.58. The number of halogens is 1. The molecule has 0 spiro atoms. The second-order valence-electron chi connectivity index (χ2n) is 7.96. The standard InChI is InChI=1S/C21H30FN5O/c1-5-26-10-12-27(13-11-26)21(2,3)15-23-20(28)18-14-19(25(4)24-18)16-6-8-17(22)9-7-16/h6-9,14H,5,10-13,15H2,1-4H3,(H,23,28). The molecule has 0 atom stereocenters. The fourth-order valence-electron chi connectivity index (χ4n) is 3.64. The highest BCUT2D eigenvalue weighted by atomic mass is 19.1. The Morgan fingerprint density at radius 2 is 1.82 bits per heavy atom. The highest BCUT2D eigenvalue weighted by molar-refractivity contribution is 5.93. The van der Waals surface area contributed by atoms with E-state index < -0.39 is 0 Å². The molecular weight excluding hydrogens is 357 g/mol. The predicted octanol–water partition coefficient (Wildman–Crippen LogP) is 2.37. The Morgan fingerprint density at radius 3 is 2.43 bits per heavy atom. The zero-order valence-electron chi connectivity index (χ0n) is 17.2. The van der Waals surface area contributed by atoms with Gasteiger partial charge in [0.2, 0.25) is 0 Å². The van der Waals surface area contributed by atoms with E-state index in [2.05, 4.69) is 41.0 Å². The molecule has 28 heavy (non-hydrogen) atoms. The van der Waals surface area contributed by atoms with Gasteiger partial charge in [-0.05, 0) is 56.3 Å². The summed E-state index contributed by atoms with van der Waals surface area (Å²) in [7, 11) is 1.78. The third-order valence-corrected chi connectivity index (χ3v) is 5.61. The number of amides is 1. The minimum atomic E-state index is -0.286. The van der Waals surface area contributed by atoms with Crippen LogP contribution in [0, 0.1) is 5.82 Å². The second kappa shape index (κ2) is 8.41. The van der Waals surface area contributed by atoms with Gasteiger partial charge in [0.15, 0.2) is 5.69 Å². The molecule has 1 fully saturated rings. The topological polar surface area (TPSA) is 53.4 Å². The van der Waals surface area contributed by atoms with E-state index in [1.165, 1.54) is 12.1 Å². The summed E-state index contributed by atoms with van der Waals surface area (Å²) in [5.74, 6) is -0.477. The highest BCUT2D eigenvalue weighted by Gasteiger charge is 2.30. The van der Waals surface area contributed by atoms with Crippen molar-refractivity contribution in [3.05, 3.63) is 41.8 Å². The fourth-order valence-corrected chi connectivity index (χ4v) is 3.64. The molecular formula is C21H30FN5O. The Hall–Kier alpha value is -2.25. The summed E-state index contributed by atoms with van der Waals surface area (Å²) >= 11 is 0. The molecule has 1 aliphatic heterocycles. The molecule has 0 radical (unpaired) electrons. The lowest BCUT2D eigenvalue weighted by Gasteiger charge is -2.44. The van der Waals surface area contributed by atoms with Crippen molar-refractivity contribution in [1.82, 2.24) is 24.9 Å². The Bertz CT molecular complexity index is 807.